The van der Waals surface area contributed by atoms with Crippen LogP contribution in [0.25, 0.3) is 0 Å². The normalized spacial score (nSPS) is 10.4. The third-order valence-electron chi connectivity index (χ3n) is 3.58. The van der Waals surface area contributed by atoms with Crippen molar-refractivity contribution in [2.45, 2.75) is 13.8 Å². The van der Waals surface area contributed by atoms with Gasteiger partial charge in [-0.05, 0) is 49.7 Å². The number of carbonyl (C=O) groups excluding carboxylic acids is 1. The number of halogens is 1. The first-order valence-electron chi connectivity index (χ1n) is 7.76. The van der Waals surface area contributed by atoms with E-state index in [1.807, 2.05) is 55.5 Å². The van der Waals surface area contributed by atoms with E-state index in [9.17, 15) is 4.79 Å². The second-order valence-corrected chi connectivity index (χ2v) is 6.50. The highest BCUT2D eigenvalue weighted by atomic mass is 79.9. The lowest BCUT2D eigenvalue weighted by Gasteiger charge is -2.10. The van der Waals surface area contributed by atoms with Crippen molar-refractivity contribution in [3.8, 4) is 0 Å². The van der Waals surface area contributed by atoms with Gasteiger partial charge in [-0.15, -0.1) is 0 Å². The molecule has 0 saturated carbocycles. The molecule has 1 heterocycles. The molecular formula is C19H17BrN4O. The van der Waals surface area contributed by atoms with Crippen molar-refractivity contribution in [1.82, 2.24) is 9.97 Å². The van der Waals surface area contributed by atoms with Crippen molar-refractivity contribution in [3.05, 3.63) is 76.2 Å². The van der Waals surface area contributed by atoms with Crippen molar-refractivity contribution in [1.29, 1.82) is 0 Å². The summed E-state index contributed by atoms with van der Waals surface area (Å²) in [5.41, 5.74) is 2.96. The first-order valence-corrected chi connectivity index (χ1v) is 8.56. The standard InChI is InChI=1S/C19H17BrN4O/c1-12-5-3-4-6-16(12)24-19(25)17-11-18(22-13(2)21-17)23-15-9-7-14(20)8-10-15/h3-11H,1-2H3,(H,24,25)(H,21,22,23). The zero-order valence-electron chi connectivity index (χ0n) is 13.9. The van der Waals surface area contributed by atoms with Gasteiger partial charge in [0.15, 0.2) is 0 Å². The maximum Gasteiger partial charge on any atom is 0.274 e. The number of aromatic nitrogens is 2. The number of hydrogen-bond acceptors (Lipinski definition) is 4. The van der Waals surface area contributed by atoms with Crippen molar-refractivity contribution in [2.75, 3.05) is 10.6 Å². The fourth-order valence-electron chi connectivity index (χ4n) is 2.33. The van der Waals surface area contributed by atoms with Crippen molar-refractivity contribution >= 4 is 39.0 Å². The maximum atomic E-state index is 12.5. The highest BCUT2D eigenvalue weighted by molar-refractivity contribution is 9.10. The molecule has 1 amide bonds. The van der Waals surface area contributed by atoms with E-state index in [1.54, 1.807) is 13.0 Å². The van der Waals surface area contributed by atoms with Gasteiger partial charge < -0.3 is 10.6 Å². The van der Waals surface area contributed by atoms with Crippen LogP contribution in [0.15, 0.2) is 59.1 Å². The molecule has 0 aliphatic carbocycles. The fraction of sp³-hybridized carbons (Fsp3) is 0.105. The summed E-state index contributed by atoms with van der Waals surface area (Å²) in [6, 6.07) is 17.0. The summed E-state index contributed by atoms with van der Waals surface area (Å²) >= 11 is 3.40. The summed E-state index contributed by atoms with van der Waals surface area (Å²) in [6.45, 7) is 3.71. The molecule has 0 fully saturated rings. The Labute approximate surface area is 154 Å². The second-order valence-electron chi connectivity index (χ2n) is 5.59. The SMILES string of the molecule is Cc1nc(Nc2ccc(Br)cc2)cc(C(=O)Nc2ccccc2C)n1. The molecule has 0 aliphatic heterocycles. The molecule has 6 heteroatoms. The van der Waals surface area contributed by atoms with E-state index in [-0.39, 0.29) is 5.91 Å². The minimum Gasteiger partial charge on any atom is -0.340 e. The van der Waals surface area contributed by atoms with Crippen molar-refractivity contribution in [3.63, 3.8) is 0 Å². The van der Waals surface area contributed by atoms with E-state index in [0.29, 0.717) is 17.3 Å². The van der Waals surface area contributed by atoms with Gasteiger partial charge in [-0.25, -0.2) is 9.97 Å². The molecule has 0 spiro atoms. The zero-order chi connectivity index (χ0) is 17.8. The second kappa shape index (κ2) is 7.44. The van der Waals surface area contributed by atoms with Crippen LogP contribution in [0, 0.1) is 13.8 Å². The highest BCUT2D eigenvalue weighted by Crippen LogP contribution is 2.19. The van der Waals surface area contributed by atoms with Crippen LogP contribution >= 0.6 is 15.9 Å². The number of nitrogens with one attached hydrogen (secondary N) is 2. The van der Waals surface area contributed by atoms with E-state index in [0.717, 1.165) is 21.4 Å². The van der Waals surface area contributed by atoms with Gasteiger partial charge in [0.25, 0.3) is 5.91 Å². The monoisotopic (exact) mass is 396 g/mol. The smallest absolute Gasteiger partial charge is 0.274 e. The van der Waals surface area contributed by atoms with Gasteiger partial charge in [0.1, 0.15) is 17.3 Å². The van der Waals surface area contributed by atoms with E-state index in [2.05, 4.69) is 36.5 Å². The topological polar surface area (TPSA) is 66.9 Å². The fourth-order valence-corrected chi connectivity index (χ4v) is 2.59. The Hall–Kier alpha value is -2.73. The van der Waals surface area contributed by atoms with Crippen LogP contribution in [0.4, 0.5) is 17.2 Å². The Bertz CT molecular complexity index is 910. The number of anilines is 3. The number of rotatable bonds is 4. The summed E-state index contributed by atoms with van der Waals surface area (Å²) in [6.07, 6.45) is 0. The quantitative estimate of drug-likeness (QED) is 0.661. The van der Waals surface area contributed by atoms with Crippen LogP contribution in [0.3, 0.4) is 0 Å². The Morgan fingerprint density at radius 1 is 1.00 bits per heavy atom. The van der Waals surface area contributed by atoms with Gasteiger partial charge in [-0.1, -0.05) is 34.1 Å². The third-order valence-corrected chi connectivity index (χ3v) is 4.11. The highest BCUT2D eigenvalue weighted by Gasteiger charge is 2.12. The van der Waals surface area contributed by atoms with E-state index >= 15 is 0 Å². The minimum atomic E-state index is -0.265. The lowest BCUT2D eigenvalue weighted by atomic mass is 10.2. The number of hydrogen-bond donors (Lipinski definition) is 2. The Morgan fingerprint density at radius 3 is 2.44 bits per heavy atom. The molecular weight excluding hydrogens is 380 g/mol. The molecule has 126 valence electrons. The Kier molecular flexibility index (Phi) is 5.09. The molecule has 5 nitrogen and oxygen atoms in total. The van der Waals surface area contributed by atoms with Gasteiger partial charge in [-0.3, -0.25) is 4.79 Å². The predicted molar refractivity (Wildman–Crippen MR) is 103 cm³/mol. The Morgan fingerprint density at radius 2 is 1.72 bits per heavy atom. The molecule has 3 aromatic rings. The molecule has 0 bridgehead atoms. The lowest BCUT2D eigenvalue weighted by molar-refractivity contribution is 0.102. The summed E-state index contributed by atoms with van der Waals surface area (Å²) in [5, 5.41) is 6.08. The van der Waals surface area contributed by atoms with Crippen molar-refractivity contribution < 1.29 is 4.79 Å². The van der Waals surface area contributed by atoms with Gasteiger partial charge in [-0.2, -0.15) is 0 Å². The molecule has 1 aromatic heterocycles. The maximum absolute atomic E-state index is 12.5. The Balaban J connectivity index is 1.82. The average Bonchev–Trinajstić information content (AvgIpc) is 2.58. The number of carbonyl (C=O) groups is 1. The van der Waals surface area contributed by atoms with Crippen LogP contribution in [0.5, 0.6) is 0 Å². The largest absolute Gasteiger partial charge is 0.340 e. The average molecular weight is 397 g/mol. The first kappa shape index (κ1) is 17.1. The number of para-hydroxylation sites is 1. The molecule has 2 aromatic carbocycles. The van der Waals surface area contributed by atoms with Crippen LogP contribution < -0.4 is 10.6 Å². The number of nitrogens with zero attached hydrogens (tertiary/aromatic N) is 2. The van der Waals surface area contributed by atoms with Gasteiger partial charge in [0.05, 0.1) is 0 Å². The number of amides is 1. The van der Waals surface area contributed by atoms with Crippen LogP contribution in [0.1, 0.15) is 21.9 Å². The third kappa shape index (κ3) is 4.42. The first-order chi connectivity index (χ1) is 12.0. The molecule has 0 atom stereocenters. The van der Waals surface area contributed by atoms with E-state index in [4.69, 9.17) is 0 Å². The summed E-state index contributed by atoms with van der Waals surface area (Å²) < 4.78 is 0.996. The molecule has 0 unspecified atom stereocenters. The van der Waals surface area contributed by atoms with Crippen LogP contribution in [-0.2, 0) is 0 Å². The van der Waals surface area contributed by atoms with E-state index in [1.165, 1.54) is 0 Å². The van der Waals surface area contributed by atoms with Crippen LogP contribution in [-0.4, -0.2) is 15.9 Å². The summed E-state index contributed by atoms with van der Waals surface area (Å²) in [5.74, 6) is 0.834. The van der Waals surface area contributed by atoms with Crippen LogP contribution in [0.2, 0.25) is 0 Å². The predicted octanol–water partition coefficient (Wildman–Crippen LogP) is 4.85. The molecule has 3 rings (SSSR count). The van der Waals surface area contributed by atoms with E-state index < -0.39 is 0 Å². The summed E-state index contributed by atoms with van der Waals surface area (Å²) in [7, 11) is 0. The molecule has 0 saturated heterocycles. The minimum absolute atomic E-state index is 0.265. The zero-order valence-corrected chi connectivity index (χ0v) is 15.5. The summed E-state index contributed by atoms with van der Waals surface area (Å²) in [4.78, 5) is 21.1. The molecule has 25 heavy (non-hydrogen) atoms. The number of aryl methyl sites for hydroxylation is 2. The van der Waals surface area contributed by atoms with Gasteiger partial charge in [0, 0.05) is 21.9 Å². The molecule has 0 aliphatic rings. The van der Waals surface area contributed by atoms with Crippen molar-refractivity contribution in [2.24, 2.45) is 0 Å². The van der Waals surface area contributed by atoms with Gasteiger partial charge >= 0.3 is 0 Å². The lowest BCUT2D eigenvalue weighted by Crippen LogP contribution is -2.16. The molecule has 2 N–H and O–H groups in total. The van der Waals surface area contributed by atoms with Gasteiger partial charge in [0.2, 0.25) is 0 Å². The number of benzene rings is 2. The molecule has 0 radical (unpaired) electrons.